The normalized spacial score (nSPS) is 17.3. The Morgan fingerprint density at radius 2 is 1.52 bits per heavy atom. The minimum absolute atomic E-state index is 0.160. The second-order valence-electron chi connectivity index (χ2n) is 17.9. The number of hydrogen-bond acceptors (Lipinski definition) is 9. The van der Waals surface area contributed by atoms with Crippen LogP contribution in [0.2, 0.25) is 0 Å². The molecular weight excluding hydrogens is 868 g/mol. The van der Waals surface area contributed by atoms with Gasteiger partial charge in [-0.3, -0.25) is 9.11 Å². The van der Waals surface area contributed by atoms with Crippen LogP contribution in [0.15, 0.2) is 107 Å². The Morgan fingerprint density at radius 1 is 0.812 bits per heavy atom. The molecule has 0 saturated carbocycles. The van der Waals surface area contributed by atoms with Crippen molar-refractivity contribution in [1.82, 2.24) is 4.67 Å². The lowest BCUT2D eigenvalue weighted by Gasteiger charge is -2.35. The highest BCUT2D eigenvalue weighted by Gasteiger charge is 2.45. The van der Waals surface area contributed by atoms with E-state index in [4.69, 9.17) is 14.3 Å². The predicted molar refractivity (Wildman–Crippen MR) is 258 cm³/mol. The molecule has 4 aromatic rings. The van der Waals surface area contributed by atoms with E-state index in [-0.39, 0.29) is 22.9 Å². The maximum Gasteiger partial charge on any atom is 0.295 e. The number of hydrogen-bond donors (Lipinski definition) is 2. The molecule has 15 heteroatoms. The summed E-state index contributed by atoms with van der Waals surface area (Å²) in [6.45, 7) is 21.4. The monoisotopic (exact) mass is 929 g/mol. The molecule has 1 unspecified atom stereocenters. The van der Waals surface area contributed by atoms with Crippen LogP contribution in [0.4, 0.5) is 11.4 Å². The summed E-state index contributed by atoms with van der Waals surface area (Å²) in [4.78, 5) is 0.903. The Hall–Kier alpha value is -4.29. The van der Waals surface area contributed by atoms with E-state index in [1.165, 1.54) is 33.8 Å². The highest BCUT2D eigenvalue weighted by Crippen LogP contribution is 2.52. The third kappa shape index (κ3) is 9.93. The summed E-state index contributed by atoms with van der Waals surface area (Å²) in [6.07, 6.45) is 13.4. The van der Waals surface area contributed by atoms with Crippen molar-refractivity contribution >= 4 is 67.4 Å². The summed E-state index contributed by atoms with van der Waals surface area (Å²) in [5, 5.41) is 12.0. The zero-order valence-electron chi connectivity index (χ0n) is 38.4. The second-order valence-corrected chi connectivity index (χ2v) is 22.1. The maximum absolute atomic E-state index is 12.5. The van der Waals surface area contributed by atoms with E-state index in [0.29, 0.717) is 37.1 Å². The third-order valence-electron chi connectivity index (χ3n) is 12.2. The van der Waals surface area contributed by atoms with E-state index < -0.39 is 44.0 Å². The van der Waals surface area contributed by atoms with Gasteiger partial charge in [0.2, 0.25) is 5.69 Å². The van der Waals surface area contributed by atoms with Crippen LogP contribution in [0, 0.1) is 11.3 Å². The first-order valence-electron chi connectivity index (χ1n) is 21.9. The number of allylic oxidation sites excluding steroid dienone is 6. The van der Waals surface area contributed by atoms with E-state index in [2.05, 4.69) is 110 Å². The van der Waals surface area contributed by atoms with Gasteiger partial charge in [-0.25, -0.2) is 4.67 Å². The van der Waals surface area contributed by atoms with Gasteiger partial charge in [0, 0.05) is 64.9 Å². The molecular formula is C49H62N4O8PS2+. The average molecular weight is 930 g/mol. The lowest BCUT2D eigenvalue weighted by molar-refractivity contribution is -0.438. The molecule has 0 aliphatic carbocycles. The topological polar surface area (TPSA) is 160 Å². The molecule has 1 atom stereocenters. The van der Waals surface area contributed by atoms with Crippen LogP contribution in [0.5, 0.6) is 0 Å². The number of likely N-dealkylation sites (N-methyl/N-ethyl adjacent to an activating group) is 1. The highest BCUT2D eigenvalue weighted by molar-refractivity contribution is 7.86. The number of nitriles is 1. The largest absolute Gasteiger partial charge is 0.344 e. The van der Waals surface area contributed by atoms with Crippen LogP contribution in [0.3, 0.4) is 0 Å². The van der Waals surface area contributed by atoms with Gasteiger partial charge in [0.15, 0.2) is 5.71 Å². The van der Waals surface area contributed by atoms with E-state index >= 15 is 0 Å². The zero-order valence-corrected chi connectivity index (χ0v) is 40.9. The van der Waals surface area contributed by atoms with E-state index in [1.54, 1.807) is 12.1 Å². The first kappa shape index (κ1) is 49.2. The van der Waals surface area contributed by atoms with Crippen LogP contribution >= 0.6 is 8.53 Å². The van der Waals surface area contributed by atoms with Crippen molar-refractivity contribution in [2.75, 3.05) is 31.2 Å². The van der Waals surface area contributed by atoms with Crippen LogP contribution in [0.1, 0.15) is 99.1 Å². The van der Waals surface area contributed by atoms with Gasteiger partial charge in [-0.1, -0.05) is 62.4 Å². The Bertz CT molecular complexity index is 2800. The van der Waals surface area contributed by atoms with E-state index in [9.17, 15) is 25.9 Å². The third-order valence-corrected chi connectivity index (χ3v) is 16.0. The molecule has 0 aromatic heterocycles. The van der Waals surface area contributed by atoms with Crippen molar-refractivity contribution in [3.8, 4) is 6.07 Å². The molecule has 12 nitrogen and oxygen atoms in total. The molecule has 2 aliphatic rings. The molecule has 6 rings (SSSR count). The van der Waals surface area contributed by atoms with Crippen molar-refractivity contribution in [2.45, 2.75) is 121 Å². The Kier molecular flexibility index (Phi) is 15.1. The quantitative estimate of drug-likeness (QED) is 0.0303. The van der Waals surface area contributed by atoms with Crippen LogP contribution < -0.4 is 4.90 Å². The van der Waals surface area contributed by atoms with Crippen molar-refractivity contribution in [2.24, 2.45) is 0 Å². The predicted octanol–water partition coefficient (Wildman–Crippen LogP) is 11.1. The van der Waals surface area contributed by atoms with E-state index in [1.807, 2.05) is 39.0 Å². The summed E-state index contributed by atoms with van der Waals surface area (Å²) in [6, 6.07) is 21.0. The van der Waals surface area contributed by atoms with Crippen LogP contribution in [-0.4, -0.2) is 79.3 Å². The number of benzene rings is 4. The van der Waals surface area contributed by atoms with Gasteiger partial charge in [-0.05, 0) is 113 Å². The fourth-order valence-corrected chi connectivity index (χ4v) is 12.4. The molecule has 0 bridgehead atoms. The lowest BCUT2D eigenvalue weighted by Crippen LogP contribution is -2.33. The van der Waals surface area contributed by atoms with Gasteiger partial charge in [-0.15, -0.1) is 0 Å². The van der Waals surface area contributed by atoms with Crippen LogP contribution in [0.25, 0.3) is 21.5 Å². The minimum Gasteiger partial charge on any atom is -0.344 e. The van der Waals surface area contributed by atoms with Crippen LogP contribution in [-0.2, 0) is 40.1 Å². The molecule has 2 N–H and O–H groups in total. The summed E-state index contributed by atoms with van der Waals surface area (Å²) in [5.74, 6) is 0. The molecule has 2 heterocycles. The molecule has 0 saturated heterocycles. The van der Waals surface area contributed by atoms with Gasteiger partial charge in [0.05, 0.1) is 36.0 Å². The first-order valence-corrected chi connectivity index (χ1v) is 25.9. The van der Waals surface area contributed by atoms with Gasteiger partial charge in [0.25, 0.3) is 28.8 Å². The Morgan fingerprint density at radius 3 is 2.17 bits per heavy atom. The molecule has 342 valence electrons. The molecule has 0 radical (unpaired) electrons. The van der Waals surface area contributed by atoms with Crippen molar-refractivity contribution in [3.05, 3.63) is 108 Å². The fourth-order valence-electron chi connectivity index (χ4n) is 9.48. The molecule has 64 heavy (non-hydrogen) atoms. The summed E-state index contributed by atoms with van der Waals surface area (Å²) in [7, 11) is -10.9. The van der Waals surface area contributed by atoms with E-state index in [0.717, 1.165) is 43.3 Å². The number of unbranched alkanes of at least 4 members (excludes halogenated alkanes) is 2. The van der Waals surface area contributed by atoms with Crippen molar-refractivity contribution < 1.29 is 39.6 Å². The average Bonchev–Trinajstić information content (AvgIpc) is 3.58. The Balaban J connectivity index is 1.27. The summed E-state index contributed by atoms with van der Waals surface area (Å²) < 4.78 is 86.8. The number of nitrogens with zero attached hydrogens (tertiary/aromatic N) is 4. The molecule has 0 spiro atoms. The molecule has 0 fully saturated rings. The highest BCUT2D eigenvalue weighted by atomic mass is 32.2. The number of fused-ring (bicyclic) bond motifs is 6. The fraction of sp³-hybridized carbons (Fsp3) is 0.429. The zero-order chi connectivity index (χ0) is 46.8. The standard InChI is InChI=1S/C49H61N4O8PS2/c1-10-51-41-27-25-39-40(32-37(63(54,55)56)33-43(39)64(57,58)59)47(41)48(6,7)44(51)22-13-11-14-23-45-49(8,9)46-38-21-16-15-20-36(38)24-26-42(46)52(45)29-17-12-18-30-60-62(61-31-19-28-50)53(34(2)3)35(4)5/h11,13-16,20-27,32-35H,10,12,17-19,29-31H2,1-9H3,(H-,54,55,56,57,58,59)/p+1. The number of anilines is 1. The summed E-state index contributed by atoms with van der Waals surface area (Å²) >= 11 is 0. The van der Waals surface area contributed by atoms with Crippen molar-refractivity contribution in [3.63, 3.8) is 0 Å². The van der Waals surface area contributed by atoms with Gasteiger partial charge >= 0.3 is 0 Å². The van der Waals surface area contributed by atoms with Gasteiger partial charge < -0.3 is 13.9 Å². The SMILES string of the molecule is CCN1\C(=C/C=C/C=C/C2=[N+](CCCCCOP(OCCC#N)N(C(C)C)C(C)C)c3ccc4ccccc4c3C2(C)C)C(C)(C)c2c1ccc1c(S(=O)(=O)O)cc(S(=O)(=O)O)cc21. The van der Waals surface area contributed by atoms with Crippen molar-refractivity contribution in [1.29, 1.82) is 5.26 Å². The second kappa shape index (κ2) is 19.7. The van der Waals surface area contributed by atoms with Gasteiger partial charge in [0.1, 0.15) is 11.4 Å². The lowest BCUT2D eigenvalue weighted by atomic mass is 9.79. The van der Waals surface area contributed by atoms with Gasteiger partial charge in [-0.2, -0.15) is 26.7 Å². The smallest absolute Gasteiger partial charge is 0.295 e. The Labute approximate surface area is 381 Å². The minimum atomic E-state index is -4.84. The maximum atomic E-state index is 12.5. The number of rotatable bonds is 19. The molecule has 2 aliphatic heterocycles. The molecule has 0 amide bonds. The summed E-state index contributed by atoms with van der Waals surface area (Å²) in [5.41, 5.74) is 5.03. The first-order chi connectivity index (χ1) is 30.2. The molecule has 4 aromatic carbocycles.